The Labute approximate surface area is 202 Å². The van der Waals surface area contributed by atoms with E-state index in [-0.39, 0.29) is 16.4 Å². The number of carbonyl (C=O) groups excluding carboxylic acids is 2. The summed E-state index contributed by atoms with van der Waals surface area (Å²) < 4.78 is 0. The molecule has 5 nitrogen and oxygen atoms in total. The van der Waals surface area contributed by atoms with Gasteiger partial charge in [-0.1, -0.05) is 53.0 Å². The first-order chi connectivity index (χ1) is 15.7. The lowest BCUT2D eigenvalue weighted by Gasteiger charge is -2.26. The van der Waals surface area contributed by atoms with Gasteiger partial charge in [0.05, 0.1) is 21.7 Å². The molecule has 1 heterocycles. The normalized spacial score (nSPS) is 17.5. The number of carbonyl (C=O) groups is 2. The summed E-state index contributed by atoms with van der Waals surface area (Å²) in [5, 5.41) is 11.7. The minimum absolute atomic E-state index is 0.000625. The second-order valence-corrected chi connectivity index (χ2v) is 8.94. The Morgan fingerprint density at radius 2 is 1.64 bits per heavy atom. The smallest absolute Gasteiger partial charge is 0.300 e. The lowest BCUT2D eigenvalue weighted by Crippen LogP contribution is -2.29. The van der Waals surface area contributed by atoms with Gasteiger partial charge < -0.3 is 10.0 Å². The van der Waals surface area contributed by atoms with Gasteiger partial charge in [-0.2, -0.15) is 0 Å². The van der Waals surface area contributed by atoms with Crippen LogP contribution in [0.2, 0.25) is 10.0 Å². The fourth-order valence-electron chi connectivity index (χ4n) is 3.96. The van der Waals surface area contributed by atoms with Gasteiger partial charge in [-0.15, -0.1) is 0 Å². The number of aliphatic hydroxyl groups excluding tert-OH is 1. The molecule has 0 aromatic heterocycles. The van der Waals surface area contributed by atoms with E-state index < -0.39 is 17.7 Å². The van der Waals surface area contributed by atoms with Crippen molar-refractivity contribution in [3.63, 3.8) is 0 Å². The first-order valence-corrected chi connectivity index (χ1v) is 11.0. The van der Waals surface area contributed by atoms with Gasteiger partial charge in [0.15, 0.2) is 0 Å². The van der Waals surface area contributed by atoms with Crippen molar-refractivity contribution in [1.29, 1.82) is 0 Å². The number of halogens is 2. The minimum Gasteiger partial charge on any atom is -0.507 e. The molecule has 0 aliphatic carbocycles. The van der Waals surface area contributed by atoms with Crippen molar-refractivity contribution in [2.24, 2.45) is 0 Å². The Balaban J connectivity index is 1.93. The second kappa shape index (κ2) is 8.93. The highest BCUT2D eigenvalue weighted by Crippen LogP contribution is 2.43. The van der Waals surface area contributed by atoms with Gasteiger partial charge in [-0.3, -0.25) is 14.5 Å². The Kier molecular flexibility index (Phi) is 6.19. The van der Waals surface area contributed by atoms with Gasteiger partial charge in [0.1, 0.15) is 5.76 Å². The second-order valence-electron chi connectivity index (χ2n) is 8.12. The molecule has 1 aliphatic rings. The van der Waals surface area contributed by atoms with Crippen molar-refractivity contribution in [2.75, 3.05) is 23.9 Å². The number of anilines is 2. The van der Waals surface area contributed by atoms with E-state index in [1.165, 1.54) is 17.0 Å². The summed E-state index contributed by atoms with van der Waals surface area (Å²) in [5.41, 5.74) is 3.51. The number of hydrogen-bond acceptors (Lipinski definition) is 4. The molecule has 1 saturated heterocycles. The molecule has 7 heteroatoms. The molecule has 1 unspecified atom stereocenters. The van der Waals surface area contributed by atoms with E-state index in [2.05, 4.69) is 0 Å². The maximum Gasteiger partial charge on any atom is 0.300 e. The number of aryl methyl sites for hydroxylation is 1. The van der Waals surface area contributed by atoms with E-state index in [9.17, 15) is 14.7 Å². The summed E-state index contributed by atoms with van der Waals surface area (Å²) in [4.78, 5) is 29.8. The quantitative estimate of drug-likeness (QED) is 0.282. The van der Waals surface area contributed by atoms with Crippen LogP contribution >= 0.6 is 23.2 Å². The molecular weight excluding hydrogens is 459 g/mol. The van der Waals surface area contributed by atoms with Crippen LogP contribution < -0.4 is 9.80 Å². The number of ketones is 1. The van der Waals surface area contributed by atoms with E-state index in [4.69, 9.17) is 23.2 Å². The highest BCUT2D eigenvalue weighted by molar-refractivity contribution is 6.51. The molecule has 1 N–H and O–H groups in total. The number of Topliss-reactive ketones (excluding diaryl/α,β-unsaturated/α-hetero) is 1. The van der Waals surface area contributed by atoms with Crippen LogP contribution in [0.3, 0.4) is 0 Å². The average Bonchev–Trinajstić information content (AvgIpc) is 3.06. The first kappa shape index (κ1) is 22.9. The average molecular weight is 481 g/mol. The van der Waals surface area contributed by atoms with Crippen LogP contribution in [0.4, 0.5) is 11.4 Å². The molecule has 168 valence electrons. The maximum absolute atomic E-state index is 13.2. The third kappa shape index (κ3) is 4.22. The van der Waals surface area contributed by atoms with Crippen LogP contribution in [0.5, 0.6) is 0 Å². The van der Waals surface area contributed by atoms with Gasteiger partial charge >= 0.3 is 0 Å². The van der Waals surface area contributed by atoms with Crippen molar-refractivity contribution in [3.8, 4) is 0 Å². The molecule has 1 amide bonds. The van der Waals surface area contributed by atoms with Gasteiger partial charge in [0.25, 0.3) is 11.7 Å². The van der Waals surface area contributed by atoms with Crippen molar-refractivity contribution in [3.05, 3.63) is 99.0 Å². The predicted octanol–water partition coefficient (Wildman–Crippen LogP) is 5.99. The Hall–Kier alpha value is -3.28. The number of nitrogens with zero attached hydrogens (tertiary/aromatic N) is 2. The molecule has 0 radical (unpaired) electrons. The first-order valence-electron chi connectivity index (χ1n) is 10.3. The Morgan fingerprint density at radius 3 is 2.24 bits per heavy atom. The molecule has 0 bridgehead atoms. The summed E-state index contributed by atoms with van der Waals surface area (Å²) in [7, 11) is 3.84. The molecular formula is C26H22Cl2N2O3. The van der Waals surface area contributed by atoms with E-state index in [0.717, 1.165) is 11.3 Å². The molecule has 33 heavy (non-hydrogen) atoms. The number of aliphatic hydroxyl groups is 1. The van der Waals surface area contributed by atoms with E-state index in [1.807, 2.05) is 62.3 Å². The van der Waals surface area contributed by atoms with Crippen molar-refractivity contribution in [2.45, 2.75) is 13.0 Å². The molecule has 1 fully saturated rings. The highest BCUT2D eigenvalue weighted by Gasteiger charge is 2.47. The summed E-state index contributed by atoms with van der Waals surface area (Å²) >= 11 is 12.2. The lowest BCUT2D eigenvalue weighted by molar-refractivity contribution is -0.132. The monoisotopic (exact) mass is 480 g/mol. The van der Waals surface area contributed by atoms with Gasteiger partial charge in [-0.25, -0.2) is 0 Å². The number of benzene rings is 3. The van der Waals surface area contributed by atoms with Gasteiger partial charge in [0.2, 0.25) is 0 Å². The molecule has 1 aliphatic heterocycles. The zero-order valence-electron chi connectivity index (χ0n) is 18.3. The van der Waals surface area contributed by atoms with Gasteiger partial charge in [0, 0.05) is 31.0 Å². The Morgan fingerprint density at radius 1 is 0.939 bits per heavy atom. The number of rotatable bonds is 4. The molecule has 0 saturated carbocycles. The topological polar surface area (TPSA) is 60.9 Å². The van der Waals surface area contributed by atoms with Crippen molar-refractivity contribution < 1.29 is 14.7 Å². The van der Waals surface area contributed by atoms with Crippen LogP contribution in [0.25, 0.3) is 5.76 Å². The molecule has 3 aromatic rings. The molecule has 3 aromatic carbocycles. The molecule has 4 rings (SSSR count). The highest BCUT2D eigenvalue weighted by atomic mass is 35.5. The number of amides is 1. The van der Waals surface area contributed by atoms with Crippen LogP contribution in [0.1, 0.15) is 22.7 Å². The SMILES string of the molecule is Cc1cccc(C2/C(=C(/O)c3ccc(Cl)c(Cl)c3)C(=O)C(=O)N2c2ccc(N(C)C)cc2)c1. The van der Waals surface area contributed by atoms with Crippen molar-refractivity contribution in [1.82, 2.24) is 0 Å². The summed E-state index contributed by atoms with van der Waals surface area (Å²) in [6.07, 6.45) is 0. The fourth-order valence-corrected chi connectivity index (χ4v) is 4.26. The Bertz CT molecular complexity index is 1280. The van der Waals surface area contributed by atoms with Crippen molar-refractivity contribution >= 4 is 52.0 Å². The summed E-state index contributed by atoms with van der Waals surface area (Å²) in [6, 6.07) is 18.7. The largest absolute Gasteiger partial charge is 0.507 e. The van der Waals surface area contributed by atoms with Crippen LogP contribution in [-0.2, 0) is 9.59 Å². The zero-order chi connectivity index (χ0) is 23.9. The third-order valence-electron chi connectivity index (χ3n) is 5.64. The summed E-state index contributed by atoms with van der Waals surface area (Å²) in [6.45, 7) is 1.93. The standard InChI is InChI=1S/C26H22Cl2N2O3/c1-15-5-4-6-16(13-15)23-22(24(31)17-7-12-20(27)21(28)14-17)25(32)26(33)30(23)19-10-8-18(9-11-19)29(2)3/h4-14,23,31H,1-3H3/b24-22-. The fraction of sp³-hybridized carbons (Fsp3) is 0.154. The number of hydrogen-bond donors (Lipinski definition) is 1. The third-order valence-corrected chi connectivity index (χ3v) is 6.38. The summed E-state index contributed by atoms with van der Waals surface area (Å²) in [5.74, 6) is -1.77. The van der Waals surface area contributed by atoms with Crippen LogP contribution in [0.15, 0.2) is 72.3 Å². The zero-order valence-corrected chi connectivity index (χ0v) is 19.9. The van der Waals surface area contributed by atoms with Crippen LogP contribution in [-0.4, -0.2) is 30.9 Å². The maximum atomic E-state index is 13.2. The van der Waals surface area contributed by atoms with Crippen LogP contribution in [0, 0.1) is 6.92 Å². The predicted molar refractivity (Wildman–Crippen MR) is 133 cm³/mol. The molecule has 0 spiro atoms. The van der Waals surface area contributed by atoms with E-state index >= 15 is 0 Å². The van der Waals surface area contributed by atoms with E-state index in [1.54, 1.807) is 18.2 Å². The minimum atomic E-state index is -0.801. The van der Waals surface area contributed by atoms with Gasteiger partial charge in [-0.05, 0) is 55.0 Å². The lowest BCUT2D eigenvalue weighted by atomic mass is 9.94. The van der Waals surface area contributed by atoms with E-state index in [0.29, 0.717) is 21.8 Å². The molecule has 1 atom stereocenters.